The van der Waals surface area contributed by atoms with E-state index in [0.29, 0.717) is 25.0 Å². The largest absolute Gasteiger partial charge is 0.481 e. The van der Waals surface area contributed by atoms with E-state index in [-0.39, 0.29) is 12.0 Å². The first-order chi connectivity index (χ1) is 9.33. The van der Waals surface area contributed by atoms with Crippen LogP contribution >= 0.6 is 0 Å². The summed E-state index contributed by atoms with van der Waals surface area (Å²) < 4.78 is 38.9. The Bertz CT molecular complexity index is 547. The summed E-state index contributed by atoms with van der Waals surface area (Å²) in [6.45, 7) is 0. The molecule has 2 N–H and O–H groups in total. The van der Waals surface area contributed by atoms with Crippen molar-refractivity contribution in [3.8, 4) is 0 Å². The molecule has 0 saturated heterocycles. The molecule has 0 radical (unpaired) electrons. The van der Waals surface area contributed by atoms with Gasteiger partial charge in [0.2, 0.25) is 0 Å². The molecule has 0 unspecified atom stereocenters. The Morgan fingerprint density at radius 3 is 2.15 bits per heavy atom. The summed E-state index contributed by atoms with van der Waals surface area (Å²) in [5, 5.41) is 11.3. The van der Waals surface area contributed by atoms with Gasteiger partial charge in [0.1, 0.15) is 0 Å². The predicted octanol–water partition coefficient (Wildman–Crippen LogP) is 2.23. The molecule has 0 heterocycles. The molecule has 1 aliphatic carbocycles. The Balaban J connectivity index is 2.17. The number of hydrogen-bond acceptors (Lipinski definition) is 2. The molecule has 20 heavy (non-hydrogen) atoms. The molecule has 1 aliphatic rings. The van der Waals surface area contributed by atoms with E-state index in [1.807, 2.05) is 0 Å². The average Bonchev–Trinajstić information content (AvgIpc) is 2.31. The second kappa shape index (κ2) is 5.15. The summed E-state index contributed by atoms with van der Waals surface area (Å²) in [5.74, 6) is -6.46. The highest BCUT2D eigenvalue weighted by Crippen LogP contribution is 2.35. The Morgan fingerprint density at radius 2 is 1.75 bits per heavy atom. The van der Waals surface area contributed by atoms with Crippen LogP contribution < -0.4 is 5.32 Å². The Kier molecular flexibility index (Phi) is 3.69. The number of nitrogens with one attached hydrogen (secondary N) is 1. The van der Waals surface area contributed by atoms with Crippen molar-refractivity contribution in [2.45, 2.75) is 31.2 Å². The number of halogens is 3. The maximum absolute atomic E-state index is 13.1. The molecule has 1 fully saturated rings. The molecule has 1 aromatic carbocycles. The van der Waals surface area contributed by atoms with Crippen molar-refractivity contribution in [2.75, 3.05) is 0 Å². The van der Waals surface area contributed by atoms with Crippen LogP contribution in [0.15, 0.2) is 12.1 Å². The number of hydrogen-bond donors (Lipinski definition) is 2. The molecule has 7 heteroatoms. The highest BCUT2D eigenvalue weighted by molar-refractivity contribution is 5.95. The summed E-state index contributed by atoms with van der Waals surface area (Å²) in [6.07, 6.45) is 1.47. The van der Waals surface area contributed by atoms with Crippen molar-refractivity contribution in [1.29, 1.82) is 0 Å². The van der Waals surface area contributed by atoms with E-state index in [9.17, 15) is 22.8 Å². The lowest BCUT2D eigenvalue weighted by Gasteiger charge is -2.41. The fourth-order valence-corrected chi connectivity index (χ4v) is 2.24. The molecule has 0 spiro atoms. The highest BCUT2D eigenvalue weighted by atomic mass is 19.2. The van der Waals surface area contributed by atoms with Gasteiger partial charge < -0.3 is 10.4 Å². The molecule has 2 rings (SSSR count). The number of carboxylic acids is 1. The van der Waals surface area contributed by atoms with Crippen LogP contribution in [0.3, 0.4) is 0 Å². The first kappa shape index (κ1) is 14.4. The number of carboxylic acid groups (broad SMARTS) is 1. The first-order valence-corrected chi connectivity index (χ1v) is 6.02. The summed E-state index contributed by atoms with van der Waals surface area (Å²) >= 11 is 0. The van der Waals surface area contributed by atoms with Gasteiger partial charge in [-0.1, -0.05) is 0 Å². The molecule has 108 valence electrons. The number of rotatable bonds is 4. The number of benzene rings is 1. The van der Waals surface area contributed by atoms with Crippen LogP contribution in [0.4, 0.5) is 13.2 Å². The SMILES string of the molecule is O=C(O)CC1(NC(=O)c2cc(F)c(F)c(F)c2)CCC1. The van der Waals surface area contributed by atoms with E-state index in [2.05, 4.69) is 5.32 Å². The highest BCUT2D eigenvalue weighted by Gasteiger charge is 2.40. The standard InChI is InChI=1S/C13H12F3NO3/c14-8-4-7(5-9(15)11(8)16)12(20)17-13(2-1-3-13)6-10(18)19/h4-5H,1-3,6H2,(H,17,20)(H,18,19). The fourth-order valence-electron chi connectivity index (χ4n) is 2.24. The van der Waals surface area contributed by atoms with E-state index < -0.39 is 34.9 Å². The van der Waals surface area contributed by atoms with Crippen LogP contribution in [0, 0.1) is 17.5 Å². The zero-order chi connectivity index (χ0) is 14.9. The van der Waals surface area contributed by atoms with E-state index >= 15 is 0 Å². The number of carbonyl (C=O) groups excluding carboxylic acids is 1. The minimum absolute atomic E-state index is 0.259. The van der Waals surface area contributed by atoms with Gasteiger partial charge in [-0.2, -0.15) is 0 Å². The second-order valence-corrected chi connectivity index (χ2v) is 4.91. The number of amides is 1. The van der Waals surface area contributed by atoms with E-state index in [1.165, 1.54) is 0 Å². The van der Waals surface area contributed by atoms with Crippen LogP contribution in [0.25, 0.3) is 0 Å². The Hall–Kier alpha value is -2.05. The van der Waals surface area contributed by atoms with Gasteiger partial charge in [-0.3, -0.25) is 9.59 Å². The molecule has 4 nitrogen and oxygen atoms in total. The molecule has 0 aromatic heterocycles. The van der Waals surface area contributed by atoms with E-state index in [0.717, 1.165) is 6.42 Å². The van der Waals surface area contributed by atoms with Gasteiger partial charge in [0.25, 0.3) is 5.91 Å². The number of carbonyl (C=O) groups is 2. The minimum atomic E-state index is -1.65. The van der Waals surface area contributed by atoms with Crippen molar-refractivity contribution in [2.24, 2.45) is 0 Å². The molecular formula is C13H12F3NO3. The fraction of sp³-hybridized carbons (Fsp3) is 0.385. The topological polar surface area (TPSA) is 66.4 Å². The first-order valence-electron chi connectivity index (χ1n) is 6.02. The quantitative estimate of drug-likeness (QED) is 0.835. The third-order valence-electron chi connectivity index (χ3n) is 3.42. The zero-order valence-corrected chi connectivity index (χ0v) is 10.4. The molecule has 1 saturated carbocycles. The lowest BCUT2D eigenvalue weighted by molar-refractivity contribution is -0.139. The molecule has 0 aliphatic heterocycles. The molecule has 1 aromatic rings. The summed E-state index contributed by atoms with van der Waals surface area (Å²) in [4.78, 5) is 22.6. The normalized spacial score (nSPS) is 16.4. The van der Waals surface area contributed by atoms with Crippen molar-refractivity contribution in [3.05, 3.63) is 35.1 Å². The minimum Gasteiger partial charge on any atom is -0.481 e. The maximum atomic E-state index is 13.1. The van der Waals surface area contributed by atoms with Crippen LogP contribution in [-0.4, -0.2) is 22.5 Å². The van der Waals surface area contributed by atoms with Gasteiger partial charge in [-0.15, -0.1) is 0 Å². The van der Waals surface area contributed by atoms with Gasteiger partial charge in [0, 0.05) is 5.56 Å². The van der Waals surface area contributed by atoms with Crippen LogP contribution in [0.1, 0.15) is 36.0 Å². The van der Waals surface area contributed by atoms with Crippen molar-refractivity contribution in [3.63, 3.8) is 0 Å². The van der Waals surface area contributed by atoms with Crippen molar-refractivity contribution >= 4 is 11.9 Å². The summed E-state index contributed by atoms with van der Waals surface area (Å²) in [6, 6.07) is 1.17. The lowest BCUT2D eigenvalue weighted by Crippen LogP contribution is -2.54. The Morgan fingerprint density at radius 1 is 1.20 bits per heavy atom. The van der Waals surface area contributed by atoms with Gasteiger partial charge in [0.05, 0.1) is 12.0 Å². The van der Waals surface area contributed by atoms with Gasteiger partial charge in [-0.05, 0) is 31.4 Å². The lowest BCUT2D eigenvalue weighted by atomic mass is 9.74. The van der Waals surface area contributed by atoms with Gasteiger partial charge in [0.15, 0.2) is 17.5 Å². The van der Waals surface area contributed by atoms with Crippen LogP contribution in [0.5, 0.6) is 0 Å². The third kappa shape index (κ3) is 2.76. The maximum Gasteiger partial charge on any atom is 0.305 e. The smallest absolute Gasteiger partial charge is 0.305 e. The monoisotopic (exact) mass is 287 g/mol. The summed E-state index contributed by atoms with van der Waals surface area (Å²) in [5.41, 5.74) is -1.26. The van der Waals surface area contributed by atoms with E-state index in [1.54, 1.807) is 0 Å². The predicted molar refractivity (Wildman–Crippen MR) is 62.6 cm³/mol. The molecule has 0 atom stereocenters. The number of aliphatic carboxylic acids is 1. The Labute approximate surface area is 112 Å². The average molecular weight is 287 g/mol. The molecule has 1 amide bonds. The van der Waals surface area contributed by atoms with Crippen molar-refractivity contribution < 1.29 is 27.9 Å². The zero-order valence-electron chi connectivity index (χ0n) is 10.4. The molecular weight excluding hydrogens is 275 g/mol. The van der Waals surface area contributed by atoms with Gasteiger partial charge in [-0.25, -0.2) is 13.2 Å². The second-order valence-electron chi connectivity index (χ2n) is 4.91. The molecule has 0 bridgehead atoms. The summed E-state index contributed by atoms with van der Waals surface area (Å²) in [7, 11) is 0. The van der Waals surface area contributed by atoms with E-state index in [4.69, 9.17) is 5.11 Å². The van der Waals surface area contributed by atoms with Crippen LogP contribution in [0.2, 0.25) is 0 Å². The van der Waals surface area contributed by atoms with Crippen LogP contribution in [-0.2, 0) is 4.79 Å². The van der Waals surface area contributed by atoms with Gasteiger partial charge >= 0.3 is 5.97 Å². The third-order valence-corrected chi connectivity index (χ3v) is 3.42. The van der Waals surface area contributed by atoms with Crippen molar-refractivity contribution in [1.82, 2.24) is 5.32 Å².